The van der Waals surface area contributed by atoms with E-state index in [9.17, 15) is 19.2 Å². The summed E-state index contributed by atoms with van der Waals surface area (Å²) in [6.07, 6.45) is 2.03. The van der Waals surface area contributed by atoms with Crippen LogP contribution in [0, 0.1) is 5.92 Å². The van der Waals surface area contributed by atoms with Crippen LogP contribution in [0.15, 0.2) is 0 Å². The van der Waals surface area contributed by atoms with Gasteiger partial charge in [0.15, 0.2) is 0 Å². The van der Waals surface area contributed by atoms with E-state index in [4.69, 9.17) is 15.9 Å². The van der Waals surface area contributed by atoms with Gasteiger partial charge >= 0.3 is 11.9 Å². The number of carbonyl (C=O) groups is 4. The number of hydrogen-bond acceptors (Lipinski definition) is 6. The van der Waals surface area contributed by atoms with Gasteiger partial charge in [-0.2, -0.15) is 11.8 Å². The molecule has 0 aromatic heterocycles. The van der Waals surface area contributed by atoms with Gasteiger partial charge in [-0.15, -0.1) is 0 Å². The van der Waals surface area contributed by atoms with Crippen molar-refractivity contribution in [2.75, 3.05) is 12.0 Å². The number of nitrogens with one attached hydrogen (secondary N) is 2. The smallest absolute Gasteiger partial charge is 0.326 e. The van der Waals surface area contributed by atoms with E-state index < -0.39 is 48.3 Å². The van der Waals surface area contributed by atoms with E-state index in [-0.39, 0.29) is 12.3 Å². The summed E-state index contributed by atoms with van der Waals surface area (Å²) in [5.41, 5.74) is 5.84. The quantitative estimate of drug-likeness (QED) is 0.308. The van der Waals surface area contributed by atoms with Crippen LogP contribution in [-0.4, -0.2) is 64.1 Å². The van der Waals surface area contributed by atoms with E-state index in [2.05, 4.69) is 10.6 Å². The van der Waals surface area contributed by atoms with E-state index in [1.807, 2.05) is 20.1 Å². The summed E-state index contributed by atoms with van der Waals surface area (Å²) in [7, 11) is 0. The third-order valence-corrected chi connectivity index (χ3v) is 4.44. The second kappa shape index (κ2) is 11.7. The van der Waals surface area contributed by atoms with E-state index in [1.165, 1.54) is 11.8 Å². The topological polar surface area (TPSA) is 159 Å². The monoisotopic (exact) mass is 377 g/mol. The van der Waals surface area contributed by atoms with Gasteiger partial charge in [-0.05, 0) is 24.3 Å². The van der Waals surface area contributed by atoms with Crippen LogP contribution in [0.5, 0.6) is 0 Å². The van der Waals surface area contributed by atoms with Gasteiger partial charge in [0.05, 0.1) is 12.5 Å². The van der Waals surface area contributed by atoms with Crippen molar-refractivity contribution >= 4 is 35.5 Å². The number of thioether (sulfide) groups is 1. The molecule has 0 aromatic rings. The highest BCUT2D eigenvalue weighted by Crippen LogP contribution is 2.08. The number of carboxylic acids is 2. The average molecular weight is 377 g/mol. The Morgan fingerprint density at radius 1 is 1.08 bits per heavy atom. The first-order chi connectivity index (χ1) is 11.6. The molecule has 0 bridgehead atoms. The molecule has 0 aliphatic heterocycles. The molecule has 6 N–H and O–H groups in total. The fourth-order valence-electron chi connectivity index (χ4n) is 1.93. The van der Waals surface area contributed by atoms with Crippen molar-refractivity contribution in [3.63, 3.8) is 0 Å². The zero-order valence-corrected chi connectivity index (χ0v) is 15.5. The van der Waals surface area contributed by atoms with Crippen LogP contribution in [0.4, 0.5) is 0 Å². The zero-order valence-electron chi connectivity index (χ0n) is 14.7. The third-order valence-electron chi connectivity index (χ3n) is 3.80. The molecule has 0 rings (SSSR count). The van der Waals surface area contributed by atoms with Crippen LogP contribution in [0.25, 0.3) is 0 Å². The van der Waals surface area contributed by atoms with Gasteiger partial charge < -0.3 is 26.6 Å². The lowest BCUT2D eigenvalue weighted by Gasteiger charge is -2.24. The summed E-state index contributed by atoms with van der Waals surface area (Å²) < 4.78 is 0. The second-order valence-electron chi connectivity index (χ2n) is 5.75. The first kappa shape index (κ1) is 23.2. The van der Waals surface area contributed by atoms with Gasteiger partial charge in [-0.25, -0.2) is 4.79 Å². The Bertz CT molecular complexity index is 488. The summed E-state index contributed by atoms with van der Waals surface area (Å²) in [5, 5.41) is 22.4. The number of rotatable bonds is 12. The Morgan fingerprint density at radius 2 is 1.64 bits per heavy atom. The van der Waals surface area contributed by atoms with Crippen LogP contribution in [-0.2, 0) is 19.2 Å². The van der Waals surface area contributed by atoms with Crippen LogP contribution >= 0.6 is 11.8 Å². The molecular formula is C15H27N3O6S. The lowest BCUT2D eigenvalue weighted by molar-refractivity contribution is -0.147. The van der Waals surface area contributed by atoms with Gasteiger partial charge in [-0.1, -0.05) is 20.3 Å². The van der Waals surface area contributed by atoms with Crippen molar-refractivity contribution in [2.24, 2.45) is 11.7 Å². The summed E-state index contributed by atoms with van der Waals surface area (Å²) in [5.74, 6) is -3.58. The van der Waals surface area contributed by atoms with Crippen molar-refractivity contribution in [1.82, 2.24) is 10.6 Å². The van der Waals surface area contributed by atoms with Crippen LogP contribution in [0.3, 0.4) is 0 Å². The molecule has 144 valence electrons. The molecule has 0 heterocycles. The van der Waals surface area contributed by atoms with E-state index in [0.29, 0.717) is 12.2 Å². The molecule has 0 aliphatic rings. The number of carboxylic acid groups (broad SMARTS) is 2. The Labute approximate surface area is 151 Å². The normalized spacial score (nSPS) is 15.5. The highest BCUT2D eigenvalue weighted by molar-refractivity contribution is 7.98. The number of amides is 2. The molecule has 25 heavy (non-hydrogen) atoms. The molecule has 0 saturated carbocycles. The standard InChI is InChI=1S/C15H27N3O6S/c1-4-8(2)12(16)14(22)17-9(5-6-25-3)13(21)18-10(15(23)24)7-11(19)20/h8-10,12H,4-7,16H2,1-3H3,(H,17,22)(H,18,21)(H,19,20)(H,23,24). The lowest BCUT2D eigenvalue weighted by Crippen LogP contribution is -2.55. The fraction of sp³-hybridized carbons (Fsp3) is 0.733. The van der Waals surface area contributed by atoms with Gasteiger partial charge in [0.2, 0.25) is 11.8 Å². The minimum atomic E-state index is -1.57. The number of aliphatic carboxylic acids is 2. The highest BCUT2D eigenvalue weighted by atomic mass is 32.2. The molecule has 0 fully saturated rings. The van der Waals surface area contributed by atoms with Crippen LogP contribution in [0.2, 0.25) is 0 Å². The predicted molar refractivity (Wildman–Crippen MR) is 94.2 cm³/mol. The Kier molecular flexibility index (Phi) is 10.8. The number of hydrogen-bond donors (Lipinski definition) is 5. The highest BCUT2D eigenvalue weighted by Gasteiger charge is 2.29. The van der Waals surface area contributed by atoms with Crippen molar-refractivity contribution in [3.8, 4) is 0 Å². The molecular weight excluding hydrogens is 350 g/mol. The van der Waals surface area contributed by atoms with Crippen LogP contribution in [0.1, 0.15) is 33.1 Å². The molecule has 0 aromatic carbocycles. The summed E-state index contributed by atoms with van der Waals surface area (Å²) in [6, 6.07) is -3.34. The Balaban J connectivity index is 5.04. The van der Waals surface area contributed by atoms with Gasteiger partial charge in [-0.3, -0.25) is 14.4 Å². The first-order valence-corrected chi connectivity index (χ1v) is 9.33. The fourth-order valence-corrected chi connectivity index (χ4v) is 2.40. The maximum Gasteiger partial charge on any atom is 0.326 e. The summed E-state index contributed by atoms with van der Waals surface area (Å²) >= 11 is 1.46. The second-order valence-corrected chi connectivity index (χ2v) is 6.74. The van der Waals surface area contributed by atoms with Gasteiger partial charge in [0.25, 0.3) is 0 Å². The molecule has 4 atom stereocenters. The van der Waals surface area contributed by atoms with Crippen molar-refractivity contribution in [2.45, 2.75) is 51.2 Å². The largest absolute Gasteiger partial charge is 0.481 e. The first-order valence-electron chi connectivity index (χ1n) is 7.93. The molecule has 0 aliphatic carbocycles. The van der Waals surface area contributed by atoms with E-state index in [0.717, 1.165) is 0 Å². The van der Waals surface area contributed by atoms with Crippen molar-refractivity contribution in [3.05, 3.63) is 0 Å². The van der Waals surface area contributed by atoms with Gasteiger partial charge in [0, 0.05) is 0 Å². The Hall–Kier alpha value is -1.81. The zero-order chi connectivity index (χ0) is 19.6. The minimum absolute atomic E-state index is 0.0805. The number of nitrogens with two attached hydrogens (primary N) is 1. The van der Waals surface area contributed by atoms with Gasteiger partial charge in [0.1, 0.15) is 12.1 Å². The minimum Gasteiger partial charge on any atom is -0.481 e. The third kappa shape index (κ3) is 8.73. The average Bonchev–Trinajstić information content (AvgIpc) is 2.55. The molecule has 0 radical (unpaired) electrons. The predicted octanol–water partition coefficient (Wildman–Crippen LogP) is -0.358. The maximum absolute atomic E-state index is 12.3. The maximum atomic E-state index is 12.3. The number of carbonyl (C=O) groups excluding carboxylic acids is 2. The molecule has 2 amide bonds. The van der Waals surface area contributed by atoms with E-state index >= 15 is 0 Å². The molecule has 0 saturated heterocycles. The van der Waals surface area contributed by atoms with Crippen LogP contribution < -0.4 is 16.4 Å². The van der Waals surface area contributed by atoms with Crippen molar-refractivity contribution in [1.29, 1.82) is 0 Å². The molecule has 10 heteroatoms. The Morgan fingerprint density at radius 3 is 2.08 bits per heavy atom. The molecule has 9 nitrogen and oxygen atoms in total. The van der Waals surface area contributed by atoms with E-state index in [1.54, 1.807) is 0 Å². The molecule has 4 unspecified atom stereocenters. The SMILES string of the molecule is CCC(C)C(N)C(=O)NC(CCSC)C(=O)NC(CC(=O)O)C(=O)O. The lowest BCUT2D eigenvalue weighted by atomic mass is 9.99. The summed E-state index contributed by atoms with van der Waals surface area (Å²) in [6.45, 7) is 3.70. The molecule has 0 spiro atoms. The summed E-state index contributed by atoms with van der Waals surface area (Å²) in [4.78, 5) is 46.3. The van der Waals surface area contributed by atoms with Crippen molar-refractivity contribution < 1.29 is 29.4 Å².